The van der Waals surface area contributed by atoms with Gasteiger partial charge in [0.25, 0.3) is 0 Å². The summed E-state index contributed by atoms with van der Waals surface area (Å²) in [6.07, 6.45) is 1.59. The van der Waals surface area contributed by atoms with Gasteiger partial charge in [-0.05, 0) is 17.9 Å². The monoisotopic (exact) mass is 269 g/mol. The van der Waals surface area contributed by atoms with E-state index in [0.29, 0.717) is 6.42 Å². The van der Waals surface area contributed by atoms with Gasteiger partial charge < -0.3 is 0 Å². The molecule has 0 heterocycles. The first kappa shape index (κ1) is 15.2. The van der Waals surface area contributed by atoms with Crippen LogP contribution in [0.3, 0.4) is 0 Å². The Morgan fingerprint density at radius 3 is 2.28 bits per heavy atom. The summed E-state index contributed by atoms with van der Waals surface area (Å²) in [6, 6.07) is 9.59. The maximum Gasteiger partial charge on any atom is 0.212 e. The molecule has 0 bridgehead atoms. The fraction of sp³-hybridized carbons (Fsp3) is 0.571. The van der Waals surface area contributed by atoms with Gasteiger partial charge in [0.15, 0.2) is 0 Å². The van der Waals surface area contributed by atoms with Crippen LogP contribution < -0.4 is 4.72 Å². The van der Waals surface area contributed by atoms with Crippen molar-refractivity contribution >= 4 is 10.0 Å². The fourth-order valence-corrected chi connectivity index (χ4v) is 3.42. The van der Waals surface area contributed by atoms with Crippen LogP contribution in [0.5, 0.6) is 0 Å². The predicted octanol–water partition coefficient (Wildman–Crippen LogP) is 3.10. The molecule has 102 valence electrons. The molecule has 4 heteroatoms. The fourth-order valence-electron chi connectivity index (χ4n) is 1.84. The van der Waals surface area contributed by atoms with Crippen molar-refractivity contribution in [2.45, 2.75) is 39.7 Å². The Morgan fingerprint density at radius 1 is 1.17 bits per heavy atom. The highest BCUT2D eigenvalue weighted by molar-refractivity contribution is 7.89. The predicted molar refractivity (Wildman–Crippen MR) is 75.9 cm³/mol. The highest BCUT2D eigenvalue weighted by atomic mass is 32.2. The molecule has 18 heavy (non-hydrogen) atoms. The van der Waals surface area contributed by atoms with E-state index in [9.17, 15) is 8.42 Å². The highest BCUT2D eigenvalue weighted by Gasteiger charge is 2.21. The summed E-state index contributed by atoms with van der Waals surface area (Å²) < 4.78 is 26.7. The van der Waals surface area contributed by atoms with Crippen molar-refractivity contribution in [1.82, 2.24) is 4.72 Å². The number of sulfonamides is 1. The Bertz CT molecular complexity index is 440. The summed E-state index contributed by atoms with van der Waals surface area (Å²) in [4.78, 5) is 0. The lowest BCUT2D eigenvalue weighted by Gasteiger charge is -2.22. The van der Waals surface area contributed by atoms with Crippen LogP contribution in [0.15, 0.2) is 30.3 Å². The van der Waals surface area contributed by atoms with E-state index in [0.717, 1.165) is 12.0 Å². The van der Waals surface area contributed by atoms with Gasteiger partial charge in [-0.15, -0.1) is 0 Å². The molecule has 0 saturated carbocycles. The Labute approximate surface area is 111 Å². The summed E-state index contributed by atoms with van der Waals surface area (Å²) in [7, 11) is -3.19. The van der Waals surface area contributed by atoms with E-state index < -0.39 is 10.0 Å². The number of hydrogen-bond acceptors (Lipinski definition) is 2. The third-order valence-electron chi connectivity index (χ3n) is 2.90. The molecule has 1 rings (SSSR count). The molecule has 0 aromatic heterocycles. The van der Waals surface area contributed by atoms with Crippen LogP contribution in [0.25, 0.3) is 0 Å². The number of nitrogens with one attached hydrogen (secondary N) is 1. The first-order valence-electron chi connectivity index (χ1n) is 6.51. The largest absolute Gasteiger partial charge is 0.212 e. The van der Waals surface area contributed by atoms with Crippen LogP contribution in [0.2, 0.25) is 0 Å². The van der Waals surface area contributed by atoms with Crippen molar-refractivity contribution in [3.05, 3.63) is 35.9 Å². The number of hydrogen-bond donors (Lipinski definition) is 1. The third-order valence-corrected chi connectivity index (χ3v) is 4.34. The second-order valence-electron chi connectivity index (χ2n) is 4.92. The smallest absolute Gasteiger partial charge is 0.212 e. The van der Waals surface area contributed by atoms with Crippen molar-refractivity contribution < 1.29 is 8.42 Å². The maximum atomic E-state index is 12.0. The Hall–Kier alpha value is -0.870. The van der Waals surface area contributed by atoms with Gasteiger partial charge in [0.1, 0.15) is 0 Å². The molecule has 3 nitrogen and oxygen atoms in total. The first-order valence-corrected chi connectivity index (χ1v) is 8.16. The Balaban J connectivity index is 2.82. The number of benzene rings is 1. The number of rotatable bonds is 7. The molecule has 0 unspecified atom stereocenters. The molecule has 0 fully saturated rings. The quantitative estimate of drug-likeness (QED) is 0.826. The molecular weight excluding hydrogens is 246 g/mol. The zero-order valence-corrected chi connectivity index (χ0v) is 12.2. The van der Waals surface area contributed by atoms with Crippen molar-refractivity contribution in [3.8, 4) is 0 Å². The maximum absolute atomic E-state index is 12.0. The van der Waals surface area contributed by atoms with Gasteiger partial charge in [0.05, 0.1) is 5.75 Å². The van der Waals surface area contributed by atoms with E-state index >= 15 is 0 Å². The minimum Gasteiger partial charge on any atom is -0.212 e. The van der Waals surface area contributed by atoms with Crippen molar-refractivity contribution in [3.63, 3.8) is 0 Å². The molecular formula is C14H23NO2S. The van der Waals surface area contributed by atoms with Gasteiger partial charge in [0, 0.05) is 6.04 Å². The van der Waals surface area contributed by atoms with Gasteiger partial charge in [0.2, 0.25) is 10.0 Å². The van der Waals surface area contributed by atoms with Crippen LogP contribution in [0, 0.1) is 5.92 Å². The minimum atomic E-state index is -3.19. The summed E-state index contributed by atoms with van der Waals surface area (Å²) in [5, 5.41) is 0. The van der Waals surface area contributed by atoms with E-state index in [2.05, 4.69) is 4.72 Å². The number of unbranched alkanes of at least 4 members (excludes halogenated alkanes) is 1. The van der Waals surface area contributed by atoms with Gasteiger partial charge >= 0.3 is 0 Å². The van der Waals surface area contributed by atoms with Crippen molar-refractivity contribution in [2.24, 2.45) is 5.92 Å². The zero-order valence-electron chi connectivity index (χ0n) is 11.4. The normalized spacial score (nSPS) is 13.8. The Kier molecular flexibility index (Phi) is 5.82. The topological polar surface area (TPSA) is 46.2 Å². The summed E-state index contributed by atoms with van der Waals surface area (Å²) in [5.41, 5.74) is 1.02. The third kappa shape index (κ3) is 4.78. The molecule has 1 atom stereocenters. The van der Waals surface area contributed by atoms with Crippen molar-refractivity contribution in [2.75, 3.05) is 5.75 Å². The molecule has 0 spiro atoms. The summed E-state index contributed by atoms with van der Waals surface area (Å²) in [5.74, 6) is 0.434. The molecule has 0 saturated heterocycles. The lowest BCUT2D eigenvalue weighted by molar-refractivity contribution is 0.462. The summed E-state index contributed by atoms with van der Waals surface area (Å²) >= 11 is 0. The highest BCUT2D eigenvalue weighted by Crippen LogP contribution is 2.22. The molecule has 0 aliphatic heterocycles. The van der Waals surface area contributed by atoms with Crippen molar-refractivity contribution in [1.29, 1.82) is 0 Å². The van der Waals surface area contributed by atoms with Gasteiger partial charge in [-0.3, -0.25) is 0 Å². The SMILES string of the molecule is CCCCS(=O)(=O)N[C@@H](c1ccccc1)C(C)C. The Morgan fingerprint density at radius 2 is 1.78 bits per heavy atom. The van der Waals surface area contributed by atoms with Gasteiger partial charge in [-0.25, -0.2) is 13.1 Å². The lowest BCUT2D eigenvalue weighted by atomic mass is 9.97. The van der Waals surface area contributed by atoms with Gasteiger partial charge in [-0.1, -0.05) is 57.5 Å². The van der Waals surface area contributed by atoms with E-state index in [1.54, 1.807) is 0 Å². The van der Waals surface area contributed by atoms with E-state index in [1.807, 2.05) is 51.1 Å². The molecule has 0 amide bonds. The molecule has 0 aliphatic rings. The molecule has 1 N–H and O–H groups in total. The van der Waals surface area contributed by atoms with Crippen LogP contribution >= 0.6 is 0 Å². The lowest BCUT2D eigenvalue weighted by Crippen LogP contribution is -2.33. The second-order valence-corrected chi connectivity index (χ2v) is 6.80. The van der Waals surface area contributed by atoms with E-state index in [1.165, 1.54) is 0 Å². The zero-order chi connectivity index (χ0) is 13.6. The standard InChI is InChI=1S/C14H23NO2S/c1-4-5-11-18(16,17)15-14(12(2)3)13-9-7-6-8-10-13/h6-10,12,14-15H,4-5,11H2,1-3H3/t14-/m1/s1. The minimum absolute atomic E-state index is 0.145. The van der Waals surface area contributed by atoms with Crippen LogP contribution in [-0.2, 0) is 10.0 Å². The summed E-state index contributed by atoms with van der Waals surface area (Å²) in [6.45, 7) is 6.05. The molecule has 1 aromatic carbocycles. The molecule has 1 aromatic rings. The average molecular weight is 269 g/mol. The van der Waals surface area contributed by atoms with Crippen LogP contribution in [0.4, 0.5) is 0 Å². The first-order chi connectivity index (χ1) is 8.46. The second kappa shape index (κ2) is 6.90. The van der Waals surface area contributed by atoms with E-state index in [-0.39, 0.29) is 17.7 Å². The average Bonchev–Trinajstić information content (AvgIpc) is 2.34. The molecule has 0 aliphatic carbocycles. The van der Waals surface area contributed by atoms with E-state index in [4.69, 9.17) is 0 Å². The molecule has 0 radical (unpaired) electrons. The van der Waals surface area contributed by atoms with Gasteiger partial charge in [-0.2, -0.15) is 0 Å². The van der Waals surface area contributed by atoms with Crippen LogP contribution in [-0.4, -0.2) is 14.2 Å². The van der Waals surface area contributed by atoms with Crippen LogP contribution in [0.1, 0.15) is 45.2 Å².